The summed E-state index contributed by atoms with van der Waals surface area (Å²) in [6.07, 6.45) is -0.370. The van der Waals surface area contributed by atoms with Crippen LogP contribution < -0.4 is 10.1 Å². The number of sulfonamides is 1. The standard InChI is InChI=1S/C16H22N2O5S.ClH/c1-3-22-16(19)15-9-12-8-13(4-5-14(12)23-15)24(20,21)18-7-6-17-10-11(18)2;/h4-5,8,11,15,17H,3,6-7,9-10H2,1-2H3;1H. The first-order valence-corrected chi connectivity index (χ1v) is 9.56. The molecule has 2 aliphatic heterocycles. The molecule has 2 atom stereocenters. The molecule has 0 bridgehead atoms. The SMILES string of the molecule is CCOC(=O)C1Cc2cc(S(=O)(=O)N3CCNCC3C)ccc2O1.Cl. The van der Waals surface area contributed by atoms with Gasteiger partial charge in [0.25, 0.3) is 0 Å². The summed E-state index contributed by atoms with van der Waals surface area (Å²) in [4.78, 5) is 12.0. The van der Waals surface area contributed by atoms with Gasteiger partial charge in [0.15, 0.2) is 6.10 Å². The molecule has 1 aromatic rings. The molecule has 1 fully saturated rings. The predicted molar refractivity (Wildman–Crippen MR) is 94.7 cm³/mol. The highest BCUT2D eigenvalue weighted by atomic mass is 35.5. The zero-order valence-electron chi connectivity index (χ0n) is 14.2. The molecule has 7 nitrogen and oxygen atoms in total. The van der Waals surface area contributed by atoms with E-state index in [0.29, 0.717) is 31.8 Å². The van der Waals surface area contributed by atoms with Crippen LogP contribution in [0.15, 0.2) is 23.1 Å². The van der Waals surface area contributed by atoms with Gasteiger partial charge in [0.05, 0.1) is 11.5 Å². The average Bonchev–Trinajstić information content (AvgIpc) is 2.98. The Balaban J connectivity index is 0.00000225. The number of piperazine rings is 1. The van der Waals surface area contributed by atoms with Crippen molar-refractivity contribution in [2.45, 2.75) is 37.3 Å². The van der Waals surface area contributed by atoms with E-state index in [-0.39, 0.29) is 30.0 Å². The number of halogens is 1. The van der Waals surface area contributed by atoms with Crippen LogP contribution in [0.5, 0.6) is 5.75 Å². The Labute approximate surface area is 154 Å². The quantitative estimate of drug-likeness (QED) is 0.771. The minimum Gasteiger partial charge on any atom is -0.478 e. The Morgan fingerprint density at radius 3 is 2.88 bits per heavy atom. The van der Waals surface area contributed by atoms with Crippen molar-refractivity contribution in [3.63, 3.8) is 0 Å². The molecule has 2 aliphatic rings. The van der Waals surface area contributed by atoms with Crippen LogP contribution in [0.4, 0.5) is 0 Å². The zero-order chi connectivity index (χ0) is 17.3. The van der Waals surface area contributed by atoms with Gasteiger partial charge in [-0.25, -0.2) is 13.2 Å². The maximum absolute atomic E-state index is 12.9. The molecule has 0 aliphatic carbocycles. The van der Waals surface area contributed by atoms with E-state index in [2.05, 4.69) is 5.32 Å². The van der Waals surface area contributed by atoms with Gasteiger partial charge in [0.1, 0.15) is 5.75 Å². The summed E-state index contributed by atoms with van der Waals surface area (Å²) in [6.45, 7) is 5.63. The minimum absolute atomic E-state index is 0. The molecule has 2 unspecified atom stereocenters. The summed E-state index contributed by atoms with van der Waals surface area (Å²) in [6, 6.07) is 4.67. The van der Waals surface area contributed by atoms with Gasteiger partial charge in [-0.3, -0.25) is 0 Å². The Hall–Kier alpha value is -1.35. The number of carbonyl (C=O) groups excluding carboxylic acids is 1. The van der Waals surface area contributed by atoms with Crippen molar-refractivity contribution in [2.75, 3.05) is 26.2 Å². The Kier molecular flexibility index (Phi) is 6.31. The first-order chi connectivity index (χ1) is 11.4. The number of carbonyl (C=O) groups is 1. The van der Waals surface area contributed by atoms with E-state index in [9.17, 15) is 13.2 Å². The van der Waals surface area contributed by atoms with Crippen LogP contribution in [-0.4, -0.2) is 57.1 Å². The molecule has 0 saturated carbocycles. The highest BCUT2D eigenvalue weighted by Crippen LogP contribution is 2.32. The van der Waals surface area contributed by atoms with E-state index >= 15 is 0 Å². The summed E-state index contributed by atoms with van der Waals surface area (Å²) in [5, 5.41) is 3.18. The maximum Gasteiger partial charge on any atom is 0.347 e. The number of ether oxygens (including phenoxy) is 2. The minimum atomic E-state index is -3.56. The van der Waals surface area contributed by atoms with Gasteiger partial charge in [-0.2, -0.15) is 4.31 Å². The molecule has 0 radical (unpaired) electrons. The second-order valence-electron chi connectivity index (χ2n) is 6.00. The molecule has 1 saturated heterocycles. The second-order valence-corrected chi connectivity index (χ2v) is 7.89. The maximum atomic E-state index is 12.9. The number of nitrogens with zero attached hydrogens (tertiary/aromatic N) is 1. The van der Waals surface area contributed by atoms with Crippen LogP contribution in [-0.2, 0) is 26.0 Å². The number of rotatable bonds is 4. The number of esters is 1. The first kappa shape index (κ1) is 20.0. The third kappa shape index (κ3) is 3.92. The smallest absolute Gasteiger partial charge is 0.347 e. The highest BCUT2D eigenvalue weighted by molar-refractivity contribution is 7.89. The van der Waals surface area contributed by atoms with Crippen molar-refractivity contribution >= 4 is 28.4 Å². The van der Waals surface area contributed by atoms with E-state index in [0.717, 1.165) is 5.56 Å². The Bertz CT molecular complexity index is 740. The van der Waals surface area contributed by atoms with Crippen LogP contribution in [0.2, 0.25) is 0 Å². The fourth-order valence-corrected chi connectivity index (χ4v) is 4.75. The van der Waals surface area contributed by atoms with Crippen LogP contribution in [0, 0.1) is 0 Å². The van der Waals surface area contributed by atoms with Gasteiger partial charge in [0.2, 0.25) is 10.0 Å². The summed E-state index contributed by atoms with van der Waals surface area (Å²) in [5.74, 6) is 0.120. The Morgan fingerprint density at radius 2 is 2.20 bits per heavy atom. The summed E-state index contributed by atoms with van der Waals surface area (Å²) in [7, 11) is -3.56. The first-order valence-electron chi connectivity index (χ1n) is 8.12. The third-order valence-corrected chi connectivity index (χ3v) is 6.31. The van der Waals surface area contributed by atoms with Crippen molar-refractivity contribution in [1.29, 1.82) is 0 Å². The molecular formula is C16H23ClN2O5S. The van der Waals surface area contributed by atoms with Gasteiger partial charge >= 0.3 is 5.97 Å². The highest BCUT2D eigenvalue weighted by Gasteiger charge is 2.34. The monoisotopic (exact) mass is 390 g/mol. The summed E-state index contributed by atoms with van der Waals surface area (Å²) >= 11 is 0. The van der Waals surface area contributed by atoms with Crippen molar-refractivity contribution in [2.24, 2.45) is 0 Å². The lowest BCUT2D eigenvalue weighted by molar-refractivity contribution is -0.150. The van der Waals surface area contributed by atoms with Crippen molar-refractivity contribution in [3.05, 3.63) is 23.8 Å². The molecule has 9 heteroatoms. The molecule has 1 aromatic carbocycles. The number of fused-ring (bicyclic) bond motifs is 1. The van der Waals surface area contributed by atoms with Crippen LogP contribution >= 0.6 is 12.4 Å². The third-order valence-electron chi connectivity index (χ3n) is 4.30. The molecule has 140 valence electrons. The molecule has 0 spiro atoms. The molecule has 1 N–H and O–H groups in total. The molecule has 25 heavy (non-hydrogen) atoms. The van der Waals surface area contributed by atoms with E-state index in [1.54, 1.807) is 19.1 Å². The number of hydrogen-bond donors (Lipinski definition) is 1. The largest absolute Gasteiger partial charge is 0.478 e. The molecule has 2 heterocycles. The molecule has 0 amide bonds. The molecule has 3 rings (SSSR count). The average molecular weight is 391 g/mol. The summed E-state index contributed by atoms with van der Waals surface area (Å²) in [5.41, 5.74) is 0.719. The van der Waals surface area contributed by atoms with Crippen LogP contribution in [0.1, 0.15) is 19.4 Å². The van der Waals surface area contributed by atoms with Gasteiger partial charge in [-0.15, -0.1) is 12.4 Å². The van der Waals surface area contributed by atoms with E-state index in [4.69, 9.17) is 9.47 Å². The summed E-state index contributed by atoms with van der Waals surface area (Å²) < 4.78 is 37.8. The lowest BCUT2D eigenvalue weighted by Crippen LogP contribution is -2.52. The van der Waals surface area contributed by atoms with Gasteiger partial charge in [-0.1, -0.05) is 0 Å². The predicted octanol–water partition coefficient (Wildman–Crippen LogP) is 0.957. The normalized spacial score (nSPS) is 23.3. The van der Waals surface area contributed by atoms with E-state index < -0.39 is 22.1 Å². The van der Waals surface area contributed by atoms with Crippen molar-refractivity contribution < 1.29 is 22.7 Å². The fraction of sp³-hybridized carbons (Fsp3) is 0.562. The fourth-order valence-electron chi connectivity index (χ4n) is 3.07. The van der Waals surface area contributed by atoms with Gasteiger partial charge < -0.3 is 14.8 Å². The lowest BCUT2D eigenvalue weighted by atomic mass is 10.1. The van der Waals surface area contributed by atoms with Crippen molar-refractivity contribution in [3.8, 4) is 5.75 Å². The lowest BCUT2D eigenvalue weighted by Gasteiger charge is -2.32. The topological polar surface area (TPSA) is 84.9 Å². The number of hydrogen-bond acceptors (Lipinski definition) is 6. The molecular weight excluding hydrogens is 368 g/mol. The zero-order valence-corrected chi connectivity index (χ0v) is 15.9. The number of benzene rings is 1. The Morgan fingerprint density at radius 1 is 1.44 bits per heavy atom. The second kappa shape index (κ2) is 7.90. The van der Waals surface area contributed by atoms with Crippen molar-refractivity contribution in [1.82, 2.24) is 9.62 Å². The van der Waals surface area contributed by atoms with Gasteiger partial charge in [0, 0.05) is 32.1 Å². The van der Waals surface area contributed by atoms with Gasteiger partial charge in [-0.05, 0) is 37.6 Å². The number of nitrogens with one attached hydrogen (secondary N) is 1. The van der Waals surface area contributed by atoms with E-state index in [1.165, 1.54) is 10.4 Å². The van der Waals surface area contributed by atoms with E-state index in [1.807, 2.05) is 6.92 Å². The van der Waals surface area contributed by atoms with Crippen LogP contribution in [0.3, 0.4) is 0 Å². The van der Waals surface area contributed by atoms with Crippen LogP contribution in [0.25, 0.3) is 0 Å². The molecule has 0 aromatic heterocycles.